The van der Waals surface area contributed by atoms with Crippen LogP contribution in [0.4, 0.5) is 0 Å². The van der Waals surface area contributed by atoms with Crippen molar-refractivity contribution in [3.63, 3.8) is 0 Å². The van der Waals surface area contributed by atoms with Gasteiger partial charge in [0.05, 0.1) is 22.7 Å². The fraction of sp³-hybridized carbons (Fsp3) is 0.182. The summed E-state index contributed by atoms with van der Waals surface area (Å²) in [5, 5.41) is 25.2. The molecule has 5 nitrogen and oxygen atoms in total. The molecule has 146 valence electrons. The highest BCUT2D eigenvalue weighted by atomic mass is 32.1. The van der Waals surface area contributed by atoms with Gasteiger partial charge in [-0.2, -0.15) is 0 Å². The Hall–Kier alpha value is -2.90. The van der Waals surface area contributed by atoms with Gasteiger partial charge in [0.25, 0.3) is 0 Å². The third kappa shape index (κ3) is 3.16. The van der Waals surface area contributed by atoms with Gasteiger partial charge in [0, 0.05) is 36.1 Å². The minimum Gasteiger partial charge on any atom is -0.510 e. The Morgan fingerprint density at radius 1 is 1.17 bits per heavy atom. The van der Waals surface area contributed by atoms with E-state index in [2.05, 4.69) is 47.1 Å². The zero-order valence-corrected chi connectivity index (χ0v) is 17.6. The van der Waals surface area contributed by atoms with Gasteiger partial charge in [0.2, 0.25) is 0 Å². The van der Waals surface area contributed by atoms with Crippen LogP contribution in [-0.2, 0) is 13.5 Å². The van der Waals surface area contributed by atoms with Crippen LogP contribution in [0.1, 0.15) is 10.6 Å². The lowest BCUT2D eigenvalue weighted by atomic mass is 10.1. The third-order valence-corrected chi connectivity index (χ3v) is 7.06. The van der Waals surface area contributed by atoms with Crippen molar-refractivity contribution in [2.75, 3.05) is 13.1 Å². The van der Waals surface area contributed by atoms with Crippen LogP contribution in [0, 0.1) is 5.41 Å². The van der Waals surface area contributed by atoms with E-state index in [9.17, 15) is 5.11 Å². The Morgan fingerprint density at radius 2 is 2.03 bits per heavy atom. The molecule has 0 saturated carbocycles. The summed E-state index contributed by atoms with van der Waals surface area (Å²) in [6, 6.07) is 12.4. The van der Waals surface area contributed by atoms with Gasteiger partial charge in [0.15, 0.2) is 0 Å². The monoisotopic (exact) mass is 420 g/mol. The number of aliphatic hydroxyl groups is 1. The van der Waals surface area contributed by atoms with Crippen molar-refractivity contribution in [2.45, 2.75) is 6.42 Å². The molecule has 0 saturated heterocycles. The number of aliphatic hydroxyl groups excluding tert-OH is 1. The number of thiazole rings is 1. The number of aromatic nitrogens is 2. The number of para-hydroxylation sites is 1. The zero-order valence-electron chi connectivity index (χ0n) is 15.9. The predicted octanol–water partition coefficient (Wildman–Crippen LogP) is 5.17. The predicted molar refractivity (Wildman–Crippen MR) is 121 cm³/mol. The van der Waals surface area contributed by atoms with Crippen LogP contribution < -0.4 is 0 Å². The molecule has 3 aromatic heterocycles. The van der Waals surface area contributed by atoms with E-state index in [1.165, 1.54) is 27.8 Å². The molecule has 2 N–H and O–H groups in total. The zero-order chi connectivity index (χ0) is 20.0. The van der Waals surface area contributed by atoms with Crippen LogP contribution in [0.2, 0.25) is 0 Å². The number of fused-ring (bicyclic) bond motifs is 1. The largest absolute Gasteiger partial charge is 0.510 e. The molecule has 0 radical (unpaired) electrons. The number of amidine groups is 1. The van der Waals surface area contributed by atoms with E-state index >= 15 is 0 Å². The Balaban J connectivity index is 1.33. The van der Waals surface area contributed by atoms with Crippen molar-refractivity contribution in [2.24, 2.45) is 7.05 Å². The van der Waals surface area contributed by atoms with Crippen molar-refractivity contribution in [1.82, 2.24) is 14.5 Å². The number of hydrogen-bond acceptors (Lipinski definition) is 5. The van der Waals surface area contributed by atoms with E-state index in [-0.39, 0.29) is 5.76 Å². The van der Waals surface area contributed by atoms with E-state index in [1.54, 1.807) is 11.3 Å². The van der Waals surface area contributed by atoms with Crippen molar-refractivity contribution in [3.8, 4) is 10.6 Å². The van der Waals surface area contributed by atoms with E-state index in [0.717, 1.165) is 17.0 Å². The normalized spacial score (nSPS) is 14.5. The summed E-state index contributed by atoms with van der Waals surface area (Å²) in [7, 11) is 2.06. The first-order chi connectivity index (χ1) is 14.1. The first-order valence-electron chi connectivity index (χ1n) is 9.40. The molecular weight excluding hydrogens is 400 g/mol. The highest BCUT2D eigenvalue weighted by molar-refractivity contribution is 7.14. The summed E-state index contributed by atoms with van der Waals surface area (Å²) in [5.41, 5.74) is 3.95. The highest BCUT2D eigenvalue weighted by Crippen LogP contribution is 2.33. The Labute approximate surface area is 176 Å². The molecule has 4 aromatic rings. The molecule has 0 fully saturated rings. The number of rotatable bonds is 5. The lowest BCUT2D eigenvalue weighted by molar-refractivity contribution is 0.351. The van der Waals surface area contributed by atoms with E-state index in [0.29, 0.717) is 29.5 Å². The van der Waals surface area contributed by atoms with E-state index < -0.39 is 0 Å². The fourth-order valence-electron chi connectivity index (χ4n) is 3.86. The molecule has 0 unspecified atom stereocenters. The van der Waals surface area contributed by atoms with Gasteiger partial charge in [-0.25, -0.2) is 4.98 Å². The minimum absolute atomic E-state index is 0.236. The second-order valence-corrected chi connectivity index (χ2v) is 8.95. The summed E-state index contributed by atoms with van der Waals surface area (Å²) in [5.74, 6) is 0.592. The molecule has 1 aliphatic heterocycles. The third-order valence-electron chi connectivity index (χ3n) is 5.30. The SMILES string of the molecule is Cn1cc(CCN2CC(O)=C(c3nc(-c4cccs4)cs3)C2=N)c2ccccc21. The highest BCUT2D eigenvalue weighted by Gasteiger charge is 2.30. The fourth-order valence-corrected chi connectivity index (χ4v) is 5.50. The molecule has 0 spiro atoms. The molecule has 1 aliphatic rings. The maximum absolute atomic E-state index is 10.6. The first-order valence-corrected chi connectivity index (χ1v) is 11.2. The Morgan fingerprint density at radius 3 is 2.86 bits per heavy atom. The summed E-state index contributed by atoms with van der Waals surface area (Å²) in [6.07, 6.45) is 2.98. The standard InChI is InChI=1S/C22H20N4OS2/c1-25-11-14(15-5-2-3-6-17(15)25)8-9-26-12-18(27)20(21(26)23)22-24-16(13-29-22)19-7-4-10-28-19/h2-7,10-11,13,23,27H,8-9,12H2,1H3. The van der Waals surface area contributed by atoms with Gasteiger partial charge in [0.1, 0.15) is 16.6 Å². The van der Waals surface area contributed by atoms with Crippen molar-refractivity contribution in [3.05, 3.63) is 69.7 Å². The molecule has 0 bridgehead atoms. The average molecular weight is 421 g/mol. The van der Waals surface area contributed by atoms with E-state index in [1.807, 2.05) is 27.8 Å². The van der Waals surface area contributed by atoms with Crippen LogP contribution in [0.15, 0.2) is 59.1 Å². The number of hydrogen-bond donors (Lipinski definition) is 2. The van der Waals surface area contributed by atoms with Gasteiger partial charge in [-0.05, 0) is 29.5 Å². The van der Waals surface area contributed by atoms with Crippen LogP contribution in [0.3, 0.4) is 0 Å². The van der Waals surface area contributed by atoms with Gasteiger partial charge in [-0.15, -0.1) is 22.7 Å². The molecule has 0 atom stereocenters. The second kappa shape index (κ2) is 7.17. The topological polar surface area (TPSA) is 65.1 Å². The van der Waals surface area contributed by atoms with Crippen LogP contribution >= 0.6 is 22.7 Å². The second-order valence-electron chi connectivity index (χ2n) is 7.14. The van der Waals surface area contributed by atoms with Crippen molar-refractivity contribution < 1.29 is 5.11 Å². The summed E-state index contributed by atoms with van der Waals surface area (Å²) in [6.45, 7) is 1.05. The molecule has 1 aromatic carbocycles. The number of aryl methyl sites for hydroxylation is 1. The average Bonchev–Trinajstić information content (AvgIpc) is 3.49. The lowest BCUT2D eigenvalue weighted by Gasteiger charge is -2.18. The van der Waals surface area contributed by atoms with Crippen LogP contribution in [0.25, 0.3) is 27.0 Å². The molecular formula is C22H20N4OS2. The molecule has 0 aliphatic carbocycles. The quantitative estimate of drug-likeness (QED) is 0.468. The number of benzene rings is 1. The molecule has 5 rings (SSSR count). The minimum atomic E-state index is 0.236. The van der Waals surface area contributed by atoms with Crippen molar-refractivity contribution in [1.29, 1.82) is 5.41 Å². The summed E-state index contributed by atoms with van der Waals surface area (Å²) >= 11 is 3.12. The van der Waals surface area contributed by atoms with Crippen LogP contribution in [0.5, 0.6) is 0 Å². The molecule has 0 amide bonds. The maximum Gasteiger partial charge on any atom is 0.135 e. The Bertz CT molecular complexity index is 1230. The van der Waals surface area contributed by atoms with Gasteiger partial charge in [-0.3, -0.25) is 5.41 Å². The molecule has 29 heavy (non-hydrogen) atoms. The summed E-state index contributed by atoms with van der Waals surface area (Å²) in [4.78, 5) is 7.70. The van der Waals surface area contributed by atoms with Crippen LogP contribution in [-0.4, -0.2) is 38.5 Å². The number of nitrogens with zero attached hydrogens (tertiary/aromatic N) is 3. The number of nitrogens with one attached hydrogen (secondary N) is 1. The smallest absolute Gasteiger partial charge is 0.135 e. The maximum atomic E-state index is 10.6. The first kappa shape index (κ1) is 18.1. The lowest BCUT2D eigenvalue weighted by Crippen LogP contribution is -2.28. The van der Waals surface area contributed by atoms with Gasteiger partial charge < -0.3 is 14.6 Å². The summed E-state index contributed by atoms with van der Waals surface area (Å²) < 4.78 is 2.14. The van der Waals surface area contributed by atoms with E-state index in [4.69, 9.17) is 5.41 Å². The van der Waals surface area contributed by atoms with Gasteiger partial charge >= 0.3 is 0 Å². The Kier molecular flexibility index (Phi) is 4.49. The number of thiophene rings is 1. The van der Waals surface area contributed by atoms with Crippen molar-refractivity contribution >= 4 is 45.0 Å². The van der Waals surface area contributed by atoms with Gasteiger partial charge in [-0.1, -0.05) is 24.3 Å². The molecule has 4 heterocycles. The molecule has 7 heteroatoms.